The lowest BCUT2D eigenvalue weighted by Crippen LogP contribution is -2.24. The minimum absolute atomic E-state index is 0.164. The fourth-order valence-corrected chi connectivity index (χ4v) is 1.85. The monoisotopic (exact) mass is 337 g/mol. The van der Waals surface area contributed by atoms with Crippen molar-refractivity contribution in [1.29, 1.82) is 0 Å². The van der Waals surface area contributed by atoms with E-state index in [-0.39, 0.29) is 17.2 Å². The molecule has 2 rings (SSSR count). The number of aromatic nitrogens is 1. The molecule has 8 heteroatoms. The van der Waals surface area contributed by atoms with E-state index in [0.717, 1.165) is 12.5 Å². The molecular weight excluding hydrogens is 323 g/mol. The molecule has 0 aliphatic carbocycles. The molecule has 1 aromatic heterocycles. The molecule has 1 aromatic carbocycles. The molecule has 2 N–H and O–H groups in total. The summed E-state index contributed by atoms with van der Waals surface area (Å²) in [6, 6.07) is 4.22. The van der Waals surface area contributed by atoms with Gasteiger partial charge in [0, 0.05) is 18.3 Å². The summed E-state index contributed by atoms with van der Waals surface area (Å²) in [7, 11) is 0. The predicted octanol–water partition coefficient (Wildman–Crippen LogP) is 2.89. The van der Waals surface area contributed by atoms with Crippen LogP contribution in [0.3, 0.4) is 0 Å². The molecule has 0 saturated carbocycles. The van der Waals surface area contributed by atoms with Crippen LogP contribution in [0.5, 0.6) is 0 Å². The highest BCUT2D eigenvalue weighted by molar-refractivity contribution is 6.04. The minimum Gasteiger partial charge on any atom is -0.352 e. The van der Waals surface area contributed by atoms with Crippen molar-refractivity contribution in [3.8, 4) is 0 Å². The van der Waals surface area contributed by atoms with Gasteiger partial charge in [-0.1, -0.05) is 6.92 Å². The second kappa shape index (κ2) is 7.58. The number of benzene rings is 1. The molecule has 0 spiro atoms. The lowest BCUT2D eigenvalue weighted by Gasteiger charge is -2.08. The molecule has 24 heavy (non-hydrogen) atoms. The Labute approximate surface area is 135 Å². The molecule has 0 saturated heterocycles. The Morgan fingerprint density at radius 1 is 1.08 bits per heavy atom. The number of carbonyl (C=O) groups is 2. The van der Waals surface area contributed by atoms with Crippen molar-refractivity contribution in [3.63, 3.8) is 0 Å². The van der Waals surface area contributed by atoms with Gasteiger partial charge in [-0.2, -0.15) is 0 Å². The number of anilines is 1. The second-order valence-corrected chi connectivity index (χ2v) is 4.86. The van der Waals surface area contributed by atoms with Gasteiger partial charge in [0.2, 0.25) is 0 Å². The van der Waals surface area contributed by atoms with Gasteiger partial charge in [-0.05, 0) is 30.7 Å². The minimum atomic E-state index is -1.69. The smallest absolute Gasteiger partial charge is 0.274 e. The lowest BCUT2D eigenvalue weighted by atomic mass is 10.2. The van der Waals surface area contributed by atoms with E-state index in [9.17, 15) is 22.8 Å². The van der Waals surface area contributed by atoms with Crippen LogP contribution in [0.15, 0.2) is 30.5 Å². The van der Waals surface area contributed by atoms with Crippen LogP contribution < -0.4 is 10.6 Å². The van der Waals surface area contributed by atoms with E-state index >= 15 is 0 Å². The fourth-order valence-electron chi connectivity index (χ4n) is 1.85. The molecule has 0 atom stereocenters. The number of pyridine rings is 1. The first-order valence-corrected chi connectivity index (χ1v) is 7.13. The standard InChI is InChI=1S/C16H14F3N3O2/c1-2-6-21-15(23)9-5-7-20-12(8-9)16(24)22-11-4-3-10(17)13(18)14(11)19/h3-5,7-8H,2,6H2,1H3,(H,21,23)(H,22,24). The molecule has 5 nitrogen and oxygen atoms in total. The van der Waals surface area contributed by atoms with E-state index in [4.69, 9.17) is 0 Å². The molecule has 2 amide bonds. The highest BCUT2D eigenvalue weighted by Gasteiger charge is 2.17. The Bertz CT molecular complexity index is 781. The number of halogens is 3. The normalized spacial score (nSPS) is 10.3. The van der Waals surface area contributed by atoms with Gasteiger partial charge in [-0.3, -0.25) is 14.6 Å². The number of nitrogens with zero attached hydrogens (tertiary/aromatic N) is 1. The van der Waals surface area contributed by atoms with Crippen LogP contribution in [0.25, 0.3) is 0 Å². The van der Waals surface area contributed by atoms with Crippen LogP contribution in [-0.2, 0) is 0 Å². The lowest BCUT2D eigenvalue weighted by molar-refractivity contribution is 0.0953. The van der Waals surface area contributed by atoms with Crippen LogP contribution in [-0.4, -0.2) is 23.3 Å². The van der Waals surface area contributed by atoms with Crippen molar-refractivity contribution in [1.82, 2.24) is 10.3 Å². The third-order valence-corrected chi connectivity index (χ3v) is 3.07. The van der Waals surface area contributed by atoms with Crippen molar-refractivity contribution in [2.45, 2.75) is 13.3 Å². The fraction of sp³-hybridized carbons (Fsp3) is 0.188. The number of nitrogens with one attached hydrogen (secondary N) is 2. The summed E-state index contributed by atoms with van der Waals surface area (Å²) in [6.07, 6.45) is 2.00. The van der Waals surface area contributed by atoms with E-state index < -0.39 is 29.0 Å². The molecule has 0 fully saturated rings. The summed E-state index contributed by atoms with van der Waals surface area (Å²) in [4.78, 5) is 27.7. The van der Waals surface area contributed by atoms with Gasteiger partial charge in [-0.25, -0.2) is 13.2 Å². The first-order chi connectivity index (χ1) is 11.4. The second-order valence-electron chi connectivity index (χ2n) is 4.86. The number of hydrogen-bond acceptors (Lipinski definition) is 3. The molecule has 0 aliphatic heterocycles. The molecule has 0 radical (unpaired) electrons. The maximum Gasteiger partial charge on any atom is 0.274 e. The van der Waals surface area contributed by atoms with E-state index in [1.807, 2.05) is 6.92 Å². The Hall–Kier alpha value is -2.90. The quantitative estimate of drug-likeness (QED) is 0.824. The van der Waals surface area contributed by atoms with Gasteiger partial charge < -0.3 is 10.6 Å². The van der Waals surface area contributed by atoms with Crippen molar-refractivity contribution in [3.05, 3.63) is 59.2 Å². The van der Waals surface area contributed by atoms with Crippen molar-refractivity contribution in [2.75, 3.05) is 11.9 Å². The van der Waals surface area contributed by atoms with Crippen molar-refractivity contribution < 1.29 is 22.8 Å². The maximum atomic E-state index is 13.6. The van der Waals surface area contributed by atoms with Crippen molar-refractivity contribution >= 4 is 17.5 Å². The topological polar surface area (TPSA) is 71.1 Å². The zero-order valence-electron chi connectivity index (χ0n) is 12.7. The highest BCUT2D eigenvalue weighted by atomic mass is 19.2. The molecule has 2 aromatic rings. The van der Waals surface area contributed by atoms with Crippen LogP contribution in [0.4, 0.5) is 18.9 Å². The summed E-state index contributed by atoms with van der Waals surface area (Å²) >= 11 is 0. The van der Waals surface area contributed by atoms with Gasteiger partial charge in [0.15, 0.2) is 17.5 Å². The Morgan fingerprint density at radius 2 is 1.83 bits per heavy atom. The maximum absolute atomic E-state index is 13.6. The number of amides is 2. The Morgan fingerprint density at radius 3 is 2.54 bits per heavy atom. The van der Waals surface area contributed by atoms with Crippen molar-refractivity contribution in [2.24, 2.45) is 0 Å². The summed E-state index contributed by atoms with van der Waals surface area (Å²) in [5, 5.41) is 4.73. The summed E-state index contributed by atoms with van der Waals surface area (Å²) < 4.78 is 39.6. The summed E-state index contributed by atoms with van der Waals surface area (Å²) in [5.74, 6) is -5.80. The molecule has 126 valence electrons. The summed E-state index contributed by atoms with van der Waals surface area (Å²) in [5.41, 5.74) is -0.487. The number of carbonyl (C=O) groups excluding carboxylic acids is 2. The number of rotatable bonds is 5. The average molecular weight is 337 g/mol. The van der Waals surface area contributed by atoms with Crippen LogP contribution >= 0.6 is 0 Å². The molecule has 1 heterocycles. The van der Waals surface area contributed by atoms with E-state index in [1.54, 1.807) is 0 Å². The third-order valence-electron chi connectivity index (χ3n) is 3.07. The Balaban J connectivity index is 2.19. The van der Waals surface area contributed by atoms with Gasteiger partial charge in [0.05, 0.1) is 5.69 Å². The highest BCUT2D eigenvalue weighted by Crippen LogP contribution is 2.20. The first kappa shape index (κ1) is 17.5. The van der Waals surface area contributed by atoms with Crippen LogP contribution in [0.2, 0.25) is 0 Å². The summed E-state index contributed by atoms with van der Waals surface area (Å²) in [6.45, 7) is 2.37. The van der Waals surface area contributed by atoms with Crippen LogP contribution in [0.1, 0.15) is 34.2 Å². The van der Waals surface area contributed by atoms with Gasteiger partial charge in [0.25, 0.3) is 11.8 Å². The largest absolute Gasteiger partial charge is 0.352 e. The zero-order valence-corrected chi connectivity index (χ0v) is 12.7. The SMILES string of the molecule is CCCNC(=O)c1ccnc(C(=O)Nc2ccc(F)c(F)c2F)c1. The van der Waals surface area contributed by atoms with E-state index in [0.29, 0.717) is 12.6 Å². The first-order valence-electron chi connectivity index (χ1n) is 7.13. The van der Waals surface area contributed by atoms with E-state index in [1.165, 1.54) is 18.3 Å². The molecular formula is C16H14F3N3O2. The third kappa shape index (κ3) is 3.89. The molecule has 0 aliphatic rings. The Kier molecular flexibility index (Phi) is 5.51. The van der Waals surface area contributed by atoms with Gasteiger partial charge in [0.1, 0.15) is 5.69 Å². The molecule has 0 unspecified atom stereocenters. The van der Waals surface area contributed by atoms with E-state index in [2.05, 4.69) is 15.6 Å². The zero-order chi connectivity index (χ0) is 17.7. The number of hydrogen-bond donors (Lipinski definition) is 2. The van der Waals surface area contributed by atoms with Crippen LogP contribution in [0, 0.1) is 17.5 Å². The van der Waals surface area contributed by atoms with Gasteiger partial charge in [-0.15, -0.1) is 0 Å². The van der Waals surface area contributed by atoms with Gasteiger partial charge >= 0.3 is 0 Å². The average Bonchev–Trinajstić information content (AvgIpc) is 2.60. The molecule has 0 bridgehead atoms. The predicted molar refractivity (Wildman–Crippen MR) is 81.1 cm³/mol.